The van der Waals surface area contributed by atoms with Crippen LogP contribution in [0.1, 0.15) is 46.5 Å². The van der Waals surface area contributed by atoms with Crippen molar-refractivity contribution >= 4 is 11.8 Å². The van der Waals surface area contributed by atoms with Gasteiger partial charge in [0.2, 0.25) is 11.8 Å². The van der Waals surface area contributed by atoms with Crippen LogP contribution in [-0.4, -0.2) is 59.1 Å². The molecule has 2 fully saturated rings. The molecule has 22 heavy (non-hydrogen) atoms. The third-order valence-electron chi connectivity index (χ3n) is 4.95. The largest absolute Gasteiger partial charge is 0.390 e. The fourth-order valence-electron chi connectivity index (χ4n) is 3.43. The second kappa shape index (κ2) is 6.96. The lowest BCUT2D eigenvalue weighted by Crippen LogP contribution is -2.74. The summed E-state index contributed by atoms with van der Waals surface area (Å²) in [5.41, 5.74) is -0.731. The van der Waals surface area contributed by atoms with Gasteiger partial charge in [0.1, 0.15) is 11.6 Å². The first kappa shape index (κ1) is 17.2. The highest BCUT2D eigenvalue weighted by molar-refractivity contribution is 6.00. The molecule has 6 nitrogen and oxygen atoms in total. The zero-order valence-corrected chi connectivity index (χ0v) is 13.9. The lowest BCUT2D eigenvalue weighted by Gasteiger charge is -2.51. The van der Waals surface area contributed by atoms with Crippen molar-refractivity contribution in [2.24, 2.45) is 5.92 Å². The quantitative estimate of drug-likeness (QED) is 0.680. The van der Waals surface area contributed by atoms with Crippen LogP contribution in [0, 0.1) is 5.92 Å². The summed E-state index contributed by atoms with van der Waals surface area (Å²) in [7, 11) is 0. The molecule has 3 N–H and O–H groups in total. The van der Waals surface area contributed by atoms with Gasteiger partial charge in [-0.25, -0.2) is 0 Å². The molecular formula is C16H29N3O3. The Morgan fingerprint density at radius 3 is 2.50 bits per heavy atom. The third-order valence-corrected chi connectivity index (χ3v) is 4.95. The van der Waals surface area contributed by atoms with E-state index in [2.05, 4.69) is 17.6 Å². The number of rotatable bonds is 5. The standard InChI is InChI=1S/C16H29N3O3/c1-4-5-10-19-14(21)12(13(20)11(2)3)18-15(22)16(19)6-8-17-9-7-16/h11-13,17,20H,4-10H2,1-3H3,(H,18,22)/t12-,13+/m1/s1. The monoisotopic (exact) mass is 311 g/mol. The van der Waals surface area contributed by atoms with Crippen molar-refractivity contribution in [2.45, 2.75) is 64.1 Å². The number of nitrogens with one attached hydrogen (secondary N) is 2. The van der Waals surface area contributed by atoms with Crippen molar-refractivity contribution < 1.29 is 14.7 Å². The highest BCUT2D eigenvalue weighted by atomic mass is 16.3. The summed E-state index contributed by atoms with van der Waals surface area (Å²) >= 11 is 0. The molecule has 0 unspecified atom stereocenters. The maximum absolute atomic E-state index is 12.9. The number of aliphatic hydroxyl groups is 1. The fraction of sp³-hybridized carbons (Fsp3) is 0.875. The van der Waals surface area contributed by atoms with Crippen LogP contribution in [-0.2, 0) is 9.59 Å². The Morgan fingerprint density at radius 2 is 1.95 bits per heavy atom. The van der Waals surface area contributed by atoms with E-state index in [0.29, 0.717) is 19.4 Å². The average molecular weight is 311 g/mol. The lowest BCUT2D eigenvalue weighted by atomic mass is 9.81. The van der Waals surface area contributed by atoms with Crippen molar-refractivity contribution in [1.29, 1.82) is 0 Å². The van der Waals surface area contributed by atoms with Gasteiger partial charge in [-0.3, -0.25) is 9.59 Å². The molecule has 0 aromatic rings. The minimum atomic E-state index is -0.848. The van der Waals surface area contributed by atoms with Crippen LogP contribution in [0.5, 0.6) is 0 Å². The van der Waals surface area contributed by atoms with Gasteiger partial charge in [0.15, 0.2) is 0 Å². The number of piperazine rings is 1. The topological polar surface area (TPSA) is 81.7 Å². The molecule has 2 heterocycles. The molecule has 0 aromatic heterocycles. The van der Waals surface area contributed by atoms with Gasteiger partial charge in [-0.2, -0.15) is 0 Å². The minimum absolute atomic E-state index is 0.0793. The maximum Gasteiger partial charge on any atom is 0.248 e. The molecule has 2 atom stereocenters. The number of carbonyl (C=O) groups is 2. The lowest BCUT2D eigenvalue weighted by molar-refractivity contribution is -0.163. The van der Waals surface area contributed by atoms with E-state index >= 15 is 0 Å². The van der Waals surface area contributed by atoms with Gasteiger partial charge < -0.3 is 20.6 Å². The Morgan fingerprint density at radius 1 is 1.32 bits per heavy atom. The fourth-order valence-corrected chi connectivity index (χ4v) is 3.43. The number of unbranched alkanes of at least 4 members (excludes halogenated alkanes) is 1. The van der Waals surface area contributed by atoms with Crippen LogP contribution in [0.4, 0.5) is 0 Å². The highest BCUT2D eigenvalue weighted by Gasteiger charge is 2.53. The molecule has 1 spiro atoms. The van der Waals surface area contributed by atoms with E-state index in [1.807, 2.05) is 13.8 Å². The van der Waals surface area contributed by atoms with E-state index < -0.39 is 17.7 Å². The van der Waals surface area contributed by atoms with Crippen molar-refractivity contribution in [2.75, 3.05) is 19.6 Å². The second-order valence-electron chi connectivity index (χ2n) is 6.81. The van der Waals surface area contributed by atoms with Gasteiger partial charge in [-0.05, 0) is 38.3 Å². The van der Waals surface area contributed by atoms with E-state index in [-0.39, 0.29) is 17.7 Å². The summed E-state index contributed by atoms with van der Waals surface area (Å²) in [5.74, 6) is -0.310. The van der Waals surface area contributed by atoms with E-state index in [9.17, 15) is 14.7 Å². The van der Waals surface area contributed by atoms with E-state index in [1.165, 1.54) is 0 Å². The third kappa shape index (κ3) is 2.99. The summed E-state index contributed by atoms with van der Waals surface area (Å²) in [6, 6.07) is -0.815. The predicted octanol–water partition coefficient (Wildman–Crippen LogP) is 0.253. The number of piperidine rings is 1. The molecule has 2 rings (SSSR count). The first-order valence-corrected chi connectivity index (χ1v) is 8.45. The van der Waals surface area contributed by atoms with E-state index in [4.69, 9.17) is 0 Å². The zero-order valence-electron chi connectivity index (χ0n) is 13.9. The molecule has 0 aliphatic carbocycles. The second-order valence-corrected chi connectivity index (χ2v) is 6.81. The molecule has 6 heteroatoms. The maximum atomic E-state index is 12.9. The van der Waals surface area contributed by atoms with Crippen LogP contribution in [0.3, 0.4) is 0 Å². The van der Waals surface area contributed by atoms with Crippen molar-refractivity contribution in [3.63, 3.8) is 0 Å². The van der Waals surface area contributed by atoms with E-state index in [0.717, 1.165) is 25.9 Å². The van der Waals surface area contributed by atoms with E-state index in [1.54, 1.807) is 4.90 Å². The molecule has 0 aromatic carbocycles. The number of hydrogen-bond donors (Lipinski definition) is 3. The van der Waals surface area contributed by atoms with Gasteiger partial charge in [0, 0.05) is 6.54 Å². The van der Waals surface area contributed by atoms with Crippen LogP contribution in [0.25, 0.3) is 0 Å². The summed E-state index contributed by atoms with van der Waals surface area (Å²) in [5, 5.41) is 16.4. The van der Waals surface area contributed by atoms with Crippen LogP contribution in [0.15, 0.2) is 0 Å². The number of aliphatic hydroxyl groups excluding tert-OH is 1. The zero-order chi connectivity index (χ0) is 16.3. The molecule has 2 amide bonds. The Hall–Kier alpha value is -1.14. The Bertz CT molecular complexity index is 419. The smallest absolute Gasteiger partial charge is 0.248 e. The summed E-state index contributed by atoms with van der Waals surface area (Å²) < 4.78 is 0. The summed E-state index contributed by atoms with van der Waals surface area (Å²) in [4.78, 5) is 27.5. The molecule has 0 saturated carbocycles. The van der Waals surface area contributed by atoms with Crippen LogP contribution >= 0.6 is 0 Å². The van der Waals surface area contributed by atoms with Gasteiger partial charge in [0.05, 0.1) is 6.10 Å². The van der Waals surface area contributed by atoms with Crippen molar-refractivity contribution in [1.82, 2.24) is 15.5 Å². The molecule has 126 valence electrons. The number of carbonyl (C=O) groups excluding carboxylic acids is 2. The molecule has 0 bridgehead atoms. The van der Waals surface area contributed by atoms with Gasteiger partial charge >= 0.3 is 0 Å². The Kier molecular flexibility index (Phi) is 5.45. The molecular weight excluding hydrogens is 282 g/mol. The molecule has 2 aliphatic heterocycles. The molecule has 2 saturated heterocycles. The average Bonchev–Trinajstić information content (AvgIpc) is 2.51. The first-order chi connectivity index (χ1) is 10.4. The number of nitrogens with zero attached hydrogens (tertiary/aromatic N) is 1. The highest BCUT2D eigenvalue weighted by Crippen LogP contribution is 2.32. The van der Waals surface area contributed by atoms with Crippen LogP contribution < -0.4 is 10.6 Å². The van der Waals surface area contributed by atoms with Gasteiger partial charge in [-0.1, -0.05) is 27.2 Å². The number of hydrogen-bond acceptors (Lipinski definition) is 4. The van der Waals surface area contributed by atoms with Gasteiger partial charge in [-0.15, -0.1) is 0 Å². The normalized spacial score (nSPS) is 26.4. The van der Waals surface area contributed by atoms with Crippen LogP contribution in [0.2, 0.25) is 0 Å². The summed E-state index contributed by atoms with van der Waals surface area (Å²) in [6.45, 7) is 7.85. The first-order valence-electron chi connectivity index (χ1n) is 8.45. The summed E-state index contributed by atoms with van der Waals surface area (Å²) in [6.07, 6.45) is 2.27. The molecule has 0 radical (unpaired) electrons. The minimum Gasteiger partial charge on any atom is -0.390 e. The van der Waals surface area contributed by atoms with Gasteiger partial charge in [0.25, 0.3) is 0 Å². The predicted molar refractivity (Wildman–Crippen MR) is 84.2 cm³/mol. The van der Waals surface area contributed by atoms with Crippen molar-refractivity contribution in [3.05, 3.63) is 0 Å². The SMILES string of the molecule is CCCCN1C(=O)[C@@H]([C@@H](O)C(C)C)NC(=O)C12CCNCC2. The molecule has 2 aliphatic rings. The Balaban J connectivity index is 2.29. The number of amides is 2. The van der Waals surface area contributed by atoms with Crippen molar-refractivity contribution in [3.8, 4) is 0 Å². The Labute approximate surface area is 132 Å².